The minimum absolute atomic E-state index is 0.314. The van der Waals surface area contributed by atoms with Crippen LogP contribution in [0, 0.1) is 0 Å². The van der Waals surface area contributed by atoms with Gasteiger partial charge in [-0.2, -0.15) is 0 Å². The van der Waals surface area contributed by atoms with Crippen molar-refractivity contribution in [1.82, 2.24) is 9.88 Å². The van der Waals surface area contributed by atoms with E-state index in [1.165, 1.54) is 32.4 Å². The summed E-state index contributed by atoms with van der Waals surface area (Å²) < 4.78 is 5.96. The van der Waals surface area contributed by atoms with Crippen LogP contribution in [0.25, 0.3) is 21.8 Å². The van der Waals surface area contributed by atoms with E-state index in [0.29, 0.717) is 16.4 Å². The first-order chi connectivity index (χ1) is 18.6. The summed E-state index contributed by atoms with van der Waals surface area (Å²) in [5, 5.41) is 9.26. The summed E-state index contributed by atoms with van der Waals surface area (Å²) in [6.45, 7) is 4.32. The topological polar surface area (TPSA) is 66.5 Å². The molecule has 2 amide bonds. The lowest BCUT2D eigenvalue weighted by Gasteiger charge is -2.26. The van der Waals surface area contributed by atoms with Gasteiger partial charge in [0.05, 0.1) is 12.3 Å². The molecule has 3 aromatic carbocycles. The SMILES string of the molecule is O=C(Nc1ccc(Cl)cc1)Nc1ccc(-c2csc(-c3ccc(OCCCN4CCCCC4)cc3)n2)cc1. The van der Waals surface area contributed by atoms with Crippen LogP contribution in [0.4, 0.5) is 16.2 Å². The highest BCUT2D eigenvalue weighted by atomic mass is 35.5. The van der Waals surface area contributed by atoms with Crippen molar-refractivity contribution in [1.29, 1.82) is 0 Å². The number of piperidine rings is 1. The molecule has 5 rings (SSSR count). The van der Waals surface area contributed by atoms with Gasteiger partial charge in [0.2, 0.25) is 0 Å². The van der Waals surface area contributed by atoms with Gasteiger partial charge in [-0.15, -0.1) is 11.3 Å². The van der Waals surface area contributed by atoms with Crippen molar-refractivity contribution < 1.29 is 9.53 Å². The number of thiazole rings is 1. The van der Waals surface area contributed by atoms with E-state index in [9.17, 15) is 4.79 Å². The third-order valence-corrected chi connectivity index (χ3v) is 7.63. The van der Waals surface area contributed by atoms with Crippen molar-refractivity contribution in [3.05, 3.63) is 83.2 Å². The molecular formula is C30H31ClN4O2S. The maximum absolute atomic E-state index is 12.3. The molecule has 6 nitrogen and oxygen atoms in total. The lowest BCUT2D eigenvalue weighted by Crippen LogP contribution is -2.31. The second-order valence-corrected chi connectivity index (χ2v) is 10.6. The summed E-state index contributed by atoms with van der Waals surface area (Å²) in [5.41, 5.74) is 4.33. The number of amides is 2. The quantitative estimate of drug-likeness (QED) is 0.208. The highest BCUT2D eigenvalue weighted by Gasteiger charge is 2.10. The normalized spacial score (nSPS) is 13.7. The molecule has 1 aliphatic rings. The molecule has 38 heavy (non-hydrogen) atoms. The number of urea groups is 1. The minimum Gasteiger partial charge on any atom is -0.494 e. The van der Waals surface area contributed by atoms with Crippen LogP contribution in [0.1, 0.15) is 25.7 Å². The molecule has 2 N–H and O–H groups in total. The van der Waals surface area contributed by atoms with Gasteiger partial charge in [0.15, 0.2) is 0 Å². The number of aromatic nitrogens is 1. The molecule has 0 unspecified atom stereocenters. The zero-order valence-corrected chi connectivity index (χ0v) is 22.7. The Morgan fingerprint density at radius 2 is 1.50 bits per heavy atom. The van der Waals surface area contributed by atoms with E-state index < -0.39 is 0 Å². The number of anilines is 2. The molecule has 4 aromatic rings. The number of carbonyl (C=O) groups excluding carboxylic acids is 1. The summed E-state index contributed by atoms with van der Waals surface area (Å²) >= 11 is 7.50. The van der Waals surface area contributed by atoms with Crippen molar-refractivity contribution >= 4 is 40.3 Å². The van der Waals surface area contributed by atoms with Crippen molar-refractivity contribution in [2.45, 2.75) is 25.7 Å². The van der Waals surface area contributed by atoms with Gasteiger partial charge in [-0.05, 0) is 93.0 Å². The zero-order valence-electron chi connectivity index (χ0n) is 21.2. The van der Waals surface area contributed by atoms with E-state index in [1.54, 1.807) is 35.6 Å². The molecule has 1 fully saturated rings. The second-order valence-electron chi connectivity index (χ2n) is 9.33. The van der Waals surface area contributed by atoms with E-state index in [-0.39, 0.29) is 6.03 Å². The molecule has 0 spiro atoms. The lowest BCUT2D eigenvalue weighted by atomic mass is 10.1. The molecule has 0 saturated carbocycles. The maximum Gasteiger partial charge on any atom is 0.323 e. The number of nitrogens with one attached hydrogen (secondary N) is 2. The molecule has 196 valence electrons. The van der Waals surface area contributed by atoms with E-state index in [2.05, 4.69) is 33.0 Å². The van der Waals surface area contributed by atoms with Gasteiger partial charge in [0, 0.05) is 39.4 Å². The van der Waals surface area contributed by atoms with Gasteiger partial charge < -0.3 is 20.3 Å². The van der Waals surface area contributed by atoms with Crippen LogP contribution in [0.5, 0.6) is 5.75 Å². The Kier molecular flexibility index (Phi) is 8.91. The number of benzene rings is 3. The monoisotopic (exact) mass is 546 g/mol. The highest BCUT2D eigenvalue weighted by molar-refractivity contribution is 7.13. The Balaban J connectivity index is 1.11. The average molecular weight is 547 g/mol. The van der Waals surface area contributed by atoms with Crippen LogP contribution in [-0.4, -0.2) is 42.2 Å². The minimum atomic E-state index is -0.314. The molecule has 2 heterocycles. The Bertz CT molecular complexity index is 1320. The Morgan fingerprint density at radius 1 is 0.868 bits per heavy atom. The number of nitrogens with zero attached hydrogens (tertiary/aromatic N) is 2. The van der Waals surface area contributed by atoms with Crippen molar-refractivity contribution in [2.75, 3.05) is 36.9 Å². The van der Waals surface area contributed by atoms with Crippen LogP contribution in [0.3, 0.4) is 0 Å². The summed E-state index contributed by atoms with van der Waals surface area (Å²) in [6.07, 6.45) is 5.08. The number of carbonyl (C=O) groups is 1. The fourth-order valence-electron chi connectivity index (χ4n) is 4.44. The third-order valence-electron chi connectivity index (χ3n) is 6.48. The summed E-state index contributed by atoms with van der Waals surface area (Å²) in [6, 6.07) is 22.5. The number of hydrogen-bond acceptors (Lipinski definition) is 5. The number of rotatable bonds is 9. The van der Waals surface area contributed by atoms with Gasteiger partial charge >= 0.3 is 6.03 Å². The first-order valence-electron chi connectivity index (χ1n) is 13.0. The number of halogens is 1. The molecular weight excluding hydrogens is 516 g/mol. The Morgan fingerprint density at radius 3 is 2.18 bits per heavy atom. The van der Waals surface area contributed by atoms with Gasteiger partial charge in [0.25, 0.3) is 0 Å². The predicted octanol–water partition coefficient (Wildman–Crippen LogP) is 8.03. The van der Waals surface area contributed by atoms with Crippen LogP contribution in [0.15, 0.2) is 78.2 Å². The summed E-state index contributed by atoms with van der Waals surface area (Å²) in [4.78, 5) is 19.6. The van der Waals surface area contributed by atoms with Crippen molar-refractivity contribution in [3.8, 4) is 27.6 Å². The smallest absolute Gasteiger partial charge is 0.323 e. The van der Waals surface area contributed by atoms with Gasteiger partial charge in [0.1, 0.15) is 10.8 Å². The number of hydrogen-bond donors (Lipinski definition) is 2. The standard InChI is InChI=1S/C30H31ClN4O2S/c31-24-9-13-26(14-10-24)33-30(36)32-25-11-5-22(6-12-25)28-21-38-29(34-28)23-7-15-27(16-8-23)37-20-4-19-35-17-2-1-3-18-35/h5-16,21H,1-4,17-20H2,(H2,32,33,36). The van der Waals surface area contributed by atoms with Crippen LogP contribution in [-0.2, 0) is 0 Å². The molecule has 1 aliphatic heterocycles. The average Bonchev–Trinajstić information content (AvgIpc) is 3.44. The Hall–Kier alpha value is -3.39. The van der Waals surface area contributed by atoms with E-state index in [4.69, 9.17) is 21.3 Å². The molecule has 8 heteroatoms. The van der Waals surface area contributed by atoms with Crippen LogP contribution < -0.4 is 15.4 Å². The number of likely N-dealkylation sites (tertiary alicyclic amines) is 1. The van der Waals surface area contributed by atoms with Gasteiger partial charge in [-0.1, -0.05) is 30.2 Å². The summed E-state index contributed by atoms with van der Waals surface area (Å²) in [7, 11) is 0. The zero-order chi connectivity index (χ0) is 26.2. The number of ether oxygens (including phenoxy) is 1. The van der Waals surface area contributed by atoms with Crippen molar-refractivity contribution in [3.63, 3.8) is 0 Å². The molecule has 0 bridgehead atoms. The van der Waals surface area contributed by atoms with Gasteiger partial charge in [-0.3, -0.25) is 0 Å². The second kappa shape index (κ2) is 12.9. The van der Waals surface area contributed by atoms with Crippen LogP contribution in [0.2, 0.25) is 5.02 Å². The molecule has 1 saturated heterocycles. The lowest BCUT2D eigenvalue weighted by molar-refractivity contribution is 0.205. The largest absolute Gasteiger partial charge is 0.494 e. The molecule has 0 radical (unpaired) electrons. The fourth-order valence-corrected chi connectivity index (χ4v) is 5.41. The molecule has 0 atom stereocenters. The first-order valence-corrected chi connectivity index (χ1v) is 14.2. The van der Waals surface area contributed by atoms with E-state index in [0.717, 1.165) is 47.2 Å². The maximum atomic E-state index is 12.3. The molecule has 0 aliphatic carbocycles. The highest BCUT2D eigenvalue weighted by Crippen LogP contribution is 2.30. The van der Waals surface area contributed by atoms with E-state index >= 15 is 0 Å². The van der Waals surface area contributed by atoms with Crippen LogP contribution >= 0.6 is 22.9 Å². The first kappa shape index (κ1) is 26.2. The third kappa shape index (κ3) is 7.34. The summed E-state index contributed by atoms with van der Waals surface area (Å²) in [5.74, 6) is 0.896. The van der Waals surface area contributed by atoms with Gasteiger partial charge in [-0.25, -0.2) is 9.78 Å². The fraction of sp³-hybridized carbons (Fsp3) is 0.267. The van der Waals surface area contributed by atoms with Crippen molar-refractivity contribution in [2.24, 2.45) is 0 Å². The Labute approximate surface area is 232 Å². The predicted molar refractivity (Wildman–Crippen MR) is 157 cm³/mol. The molecule has 1 aromatic heterocycles. The van der Waals surface area contributed by atoms with E-state index in [1.807, 2.05) is 36.4 Å².